The van der Waals surface area contributed by atoms with Crippen molar-refractivity contribution in [2.75, 3.05) is 23.3 Å². The smallest absolute Gasteiger partial charge is 0.243 e. The topological polar surface area (TPSA) is 78.5 Å². The molecule has 28 heavy (non-hydrogen) atoms. The van der Waals surface area contributed by atoms with Crippen molar-refractivity contribution in [3.05, 3.63) is 58.6 Å². The highest BCUT2D eigenvalue weighted by Crippen LogP contribution is 2.25. The molecular weight excluding hydrogens is 378 g/mol. The molecule has 0 radical (unpaired) electrons. The molecule has 2 aromatic carbocycles. The SMILES string of the molecule is Cc1ccc(N2C[C@H](C(=O)NCC(=O)Nc3ccc(C)cc3Cl)CC2=O)cc1. The van der Waals surface area contributed by atoms with Gasteiger partial charge in [0.15, 0.2) is 0 Å². The molecular formula is C21H22ClN3O3. The van der Waals surface area contributed by atoms with Crippen LogP contribution in [0, 0.1) is 19.8 Å². The standard InChI is InChI=1S/C21H22ClN3O3/c1-13-3-6-16(7-4-13)25-12-15(10-20(25)27)21(28)23-11-19(26)24-18-8-5-14(2)9-17(18)22/h3-9,15H,10-12H2,1-2H3,(H,23,28)(H,24,26)/t15-/m1/s1. The number of benzene rings is 2. The van der Waals surface area contributed by atoms with Gasteiger partial charge in [0.2, 0.25) is 17.7 Å². The van der Waals surface area contributed by atoms with Crippen molar-refractivity contribution in [3.63, 3.8) is 0 Å². The van der Waals surface area contributed by atoms with Crippen LogP contribution < -0.4 is 15.5 Å². The lowest BCUT2D eigenvalue weighted by Gasteiger charge is -2.17. The first kappa shape index (κ1) is 19.9. The fourth-order valence-electron chi connectivity index (χ4n) is 3.09. The van der Waals surface area contributed by atoms with Gasteiger partial charge in [-0.2, -0.15) is 0 Å². The zero-order valence-corrected chi connectivity index (χ0v) is 16.5. The van der Waals surface area contributed by atoms with E-state index in [2.05, 4.69) is 10.6 Å². The number of hydrogen-bond donors (Lipinski definition) is 2. The van der Waals surface area contributed by atoms with E-state index in [0.29, 0.717) is 17.3 Å². The van der Waals surface area contributed by atoms with E-state index in [-0.39, 0.29) is 30.7 Å². The fraction of sp³-hybridized carbons (Fsp3) is 0.286. The Morgan fingerprint density at radius 2 is 1.79 bits per heavy atom. The number of anilines is 2. The van der Waals surface area contributed by atoms with Gasteiger partial charge in [-0.05, 0) is 43.7 Å². The minimum atomic E-state index is -0.482. The molecule has 6 nitrogen and oxygen atoms in total. The number of carbonyl (C=O) groups is 3. The van der Waals surface area contributed by atoms with Crippen LogP contribution in [0.2, 0.25) is 5.02 Å². The van der Waals surface area contributed by atoms with E-state index in [4.69, 9.17) is 11.6 Å². The second kappa shape index (κ2) is 8.44. The minimum absolute atomic E-state index is 0.0973. The van der Waals surface area contributed by atoms with E-state index in [0.717, 1.165) is 16.8 Å². The monoisotopic (exact) mass is 399 g/mol. The van der Waals surface area contributed by atoms with Gasteiger partial charge in [-0.25, -0.2) is 0 Å². The van der Waals surface area contributed by atoms with Gasteiger partial charge in [-0.3, -0.25) is 14.4 Å². The van der Waals surface area contributed by atoms with Gasteiger partial charge in [0.1, 0.15) is 0 Å². The van der Waals surface area contributed by atoms with Crippen LogP contribution in [0.25, 0.3) is 0 Å². The quantitative estimate of drug-likeness (QED) is 0.811. The van der Waals surface area contributed by atoms with Crippen molar-refractivity contribution in [1.29, 1.82) is 0 Å². The maximum atomic E-state index is 12.4. The van der Waals surface area contributed by atoms with E-state index in [1.807, 2.05) is 44.2 Å². The molecule has 1 saturated heterocycles. The summed E-state index contributed by atoms with van der Waals surface area (Å²) in [5.74, 6) is -1.27. The van der Waals surface area contributed by atoms with Gasteiger partial charge in [0.25, 0.3) is 0 Å². The largest absolute Gasteiger partial charge is 0.347 e. The molecule has 3 amide bonds. The molecule has 2 N–H and O–H groups in total. The number of nitrogens with one attached hydrogen (secondary N) is 2. The number of carbonyl (C=O) groups excluding carboxylic acids is 3. The van der Waals surface area contributed by atoms with Gasteiger partial charge in [0.05, 0.1) is 23.2 Å². The zero-order valence-electron chi connectivity index (χ0n) is 15.8. The van der Waals surface area contributed by atoms with Crippen LogP contribution in [0.4, 0.5) is 11.4 Å². The summed E-state index contributed by atoms with van der Waals surface area (Å²) in [6.07, 6.45) is 0.130. The average molecular weight is 400 g/mol. The third-order valence-electron chi connectivity index (χ3n) is 4.66. The lowest BCUT2D eigenvalue weighted by atomic mass is 10.1. The summed E-state index contributed by atoms with van der Waals surface area (Å²) < 4.78 is 0. The highest BCUT2D eigenvalue weighted by Gasteiger charge is 2.35. The van der Waals surface area contributed by atoms with Crippen molar-refractivity contribution >= 4 is 40.7 Å². The predicted octanol–water partition coefficient (Wildman–Crippen LogP) is 3.06. The first-order chi connectivity index (χ1) is 13.3. The third kappa shape index (κ3) is 4.70. The van der Waals surface area contributed by atoms with Crippen LogP contribution in [-0.2, 0) is 14.4 Å². The van der Waals surface area contributed by atoms with Gasteiger partial charge < -0.3 is 15.5 Å². The summed E-state index contributed by atoms with van der Waals surface area (Å²) in [6, 6.07) is 12.9. The lowest BCUT2D eigenvalue weighted by Crippen LogP contribution is -2.38. The molecule has 1 aliphatic heterocycles. The van der Waals surface area contributed by atoms with Crippen LogP contribution in [0.3, 0.4) is 0 Å². The number of nitrogens with zero attached hydrogens (tertiary/aromatic N) is 1. The Balaban J connectivity index is 1.53. The molecule has 0 bridgehead atoms. The zero-order chi connectivity index (χ0) is 20.3. The van der Waals surface area contributed by atoms with E-state index < -0.39 is 5.92 Å². The second-order valence-electron chi connectivity index (χ2n) is 6.99. The maximum absolute atomic E-state index is 12.4. The lowest BCUT2D eigenvalue weighted by molar-refractivity contribution is -0.127. The number of halogens is 1. The van der Waals surface area contributed by atoms with Crippen LogP contribution in [0.1, 0.15) is 17.5 Å². The molecule has 0 aliphatic carbocycles. The van der Waals surface area contributed by atoms with Gasteiger partial charge in [-0.15, -0.1) is 0 Å². The van der Waals surface area contributed by atoms with Crippen LogP contribution in [0.5, 0.6) is 0 Å². The Kier molecular flexibility index (Phi) is 5.99. The summed E-state index contributed by atoms with van der Waals surface area (Å²) in [6.45, 7) is 4.00. The summed E-state index contributed by atoms with van der Waals surface area (Å²) in [7, 11) is 0. The summed E-state index contributed by atoms with van der Waals surface area (Å²) in [5.41, 5.74) is 3.36. The van der Waals surface area contributed by atoms with Gasteiger partial charge >= 0.3 is 0 Å². The molecule has 7 heteroatoms. The first-order valence-electron chi connectivity index (χ1n) is 9.04. The highest BCUT2D eigenvalue weighted by molar-refractivity contribution is 6.33. The maximum Gasteiger partial charge on any atom is 0.243 e. The summed E-state index contributed by atoms with van der Waals surface area (Å²) >= 11 is 6.09. The Morgan fingerprint density at radius 1 is 1.11 bits per heavy atom. The Morgan fingerprint density at radius 3 is 2.46 bits per heavy atom. The molecule has 1 atom stereocenters. The molecule has 0 saturated carbocycles. The predicted molar refractivity (Wildman–Crippen MR) is 109 cm³/mol. The highest BCUT2D eigenvalue weighted by atomic mass is 35.5. The van der Waals surface area contributed by atoms with Crippen LogP contribution >= 0.6 is 11.6 Å². The summed E-state index contributed by atoms with van der Waals surface area (Å²) in [4.78, 5) is 38.4. The Hall–Kier alpha value is -2.86. The van der Waals surface area contributed by atoms with E-state index >= 15 is 0 Å². The van der Waals surface area contributed by atoms with Crippen molar-refractivity contribution < 1.29 is 14.4 Å². The van der Waals surface area contributed by atoms with Gasteiger partial charge in [0, 0.05) is 18.7 Å². The average Bonchev–Trinajstić information content (AvgIpc) is 3.04. The number of aryl methyl sites for hydroxylation is 2. The van der Waals surface area contributed by atoms with E-state index in [9.17, 15) is 14.4 Å². The third-order valence-corrected chi connectivity index (χ3v) is 4.98. The molecule has 1 heterocycles. The first-order valence-corrected chi connectivity index (χ1v) is 9.42. The summed E-state index contributed by atoms with van der Waals surface area (Å²) in [5, 5.41) is 5.71. The van der Waals surface area contributed by atoms with Crippen molar-refractivity contribution in [2.45, 2.75) is 20.3 Å². The van der Waals surface area contributed by atoms with Crippen molar-refractivity contribution in [1.82, 2.24) is 5.32 Å². The van der Waals surface area contributed by atoms with E-state index in [1.165, 1.54) is 0 Å². The molecule has 3 rings (SSSR count). The van der Waals surface area contributed by atoms with Crippen LogP contribution in [-0.4, -0.2) is 30.8 Å². The second-order valence-corrected chi connectivity index (χ2v) is 7.40. The molecule has 2 aromatic rings. The van der Waals surface area contributed by atoms with Crippen molar-refractivity contribution in [2.24, 2.45) is 5.92 Å². The molecule has 0 aromatic heterocycles. The van der Waals surface area contributed by atoms with Gasteiger partial charge in [-0.1, -0.05) is 35.4 Å². The number of rotatable bonds is 5. The Labute approximate surface area is 168 Å². The van der Waals surface area contributed by atoms with Crippen LogP contribution in [0.15, 0.2) is 42.5 Å². The molecule has 1 fully saturated rings. The molecule has 1 aliphatic rings. The van der Waals surface area contributed by atoms with Crippen molar-refractivity contribution in [3.8, 4) is 0 Å². The molecule has 0 spiro atoms. The number of hydrogen-bond acceptors (Lipinski definition) is 3. The Bertz CT molecular complexity index is 912. The molecule has 146 valence electrons. The fourth-order valence-corrected chi connectivity index (χ4v) is 3.37. The minimum Gasteiger partial charge on any atom is -0.347 e. The molecule has 0 unspecified atom stereocenters. The normalized spacial score (nSPS) is 16.2. The number of amides is 3. The van der Waals surface area contributed by atoms with E-state index in [1.54, 1.807) is 17.0 Å².